The molecule has 1 unspecified atom stereocenters. The number of carbonyl (C=O) groups excluding carboxylic acids is 2. The summed E-state index contributed by atoms with van der Waals surface area (Å²) in [6, 6.07) is 4.74. The maximum Gasteiger partial charge on any atom is 0.258 e. The lowest BCUT2D eigenvalue weighted by Crippen LogP contribution is -2.32. The summed E-state index contributed by atoms with van der Waals surface area (Å²) in [6.07, 6.45) is 0. The summed E-state index contributed by atoms with van der Waals surface area (Å²) in [6.45, 7) is 5.46. The van der Waals surface area contributed by atoms with Gasteiger partial charge in [0.15, 0.2) is 28.8 Å². The van der Waals surface area contributed by atoms with Crippen molar-refractivity contribution in [1.82, 2.24) is 0 Å². The molecule has 0 saturated heterocycles. The Kier molecular flexibility index (Phi) is 9.74. The molecule has 0 spiro atoms. The highest BCUT2D eigenvalue weighted by molar-refractivity contribution is 6.33. The van der Waals surface area contributed by atoms with Gasteiger partial charge in [-0.25, -0.2) is 0 Å². The Morgan fingerprint density at radius 3 is 2.06 bits per heavy atom. The molecule has 2 aromatic rings. The zero-order chi connectivity index (χ0) is 24.5. The average molecular weight is 498 g/mol. The number of carbonyl (C=O) groups is 2. The molecule has 0 saturated carbocycles. The number of halogens is 2. The molecule has 0 aliphatic heterocycles. The molecule has 2 aromatic carbocycles. The molecule has 11 heteroatoms. The van der Waals surface area contributed by atoms with Crippen LogP contribution in [0.15, 0.2) is 34.5 Å². The van der Waals surface area contributed by atoms with Crippen LogP contribution in [-0.2, 0) is 9.59 Å². The van der Waals surface area contributed by atoms with Gasteiger partial charge in [-0.2, -0.15) is 10.2 Å². The number of Topliss-reactive ketones (excluding diaryl/α,β-unsaturated/α-hetero) is 1. The van der Waals surface area contributed by atoms with E-state index in [1.807, 2.05) is 0 Å². The number of nitrogens with one attached hydrogen (secondary N) is 1. The van der Waals surface area contributed by atoms with Crippen molar-refractivity contribution in [3.8, 4) is 23.0 Å². The fourth-order valence-corrected chi connectivity index (χ4v) is 3.27. The van der Waals surface area contributed by atoms with Crippen molar-refractivity contribution in [1.29, 1.82) is 0 Å². The number of hydrogen-bond donors (Lipinski definition) is 1. The van der Waals surface area contributed by atoms with Gasteiger partial charge in [0.2, 0.25) is 6.04 Å². The molecule has 0 aromatic heterocycles. The topological polar surface area (TPSA) is 108 Å². The molecule has 0 radical (unpaired) electrons. The van der Waals surface area contributed by atoms with E-state index in [0.29, 0.717) is 23.3 Å². The van der Waals surface area contributed by atoms with E-state index < -0.39 is 17.7 Å². The van der Waals surface area contributed by atoms with Gasteiger partial charge in [-0.1, -0.05) is 23.2 Å². The van der Waals surface area contributed by atoms with Crippen LogP contribution in [-0.4, -0.2) is 45.2 Å². The number of nitrogens with zero attached hydrogens (tertiary/aromatic N) is 2. The minimum atomic E-state index is -1.43. The van der Waals surface area contributed by atoms with E-state index in [1.54, 1.807) is 26.0 Å². The molecule has 0 aliphatic carbocycles. The van der Waals surface area contributed by atoms with Gasteiger partial charge in [-0.15, -0.1) is 0 Å². The number of hydrogen-bond acceptors (Lipinski definition) is 8. The summed E-state index contributed by atoms with van der Waals surface area (Å²) >= 11 is 12.3. The third-order valence-electron chi connectivity index (χ3n) is 4.27. The van der Waals surface area contributed by atoms with Crippen molar-refractivity contribution in [2.24, 2.45) is 10.2 Å². The first-order valence-corrected chi connectivity index (χ1v) is 10.7. The van der Waals surface area contributed by atoms with Crippen molar-refractivity contribution in [3.63, 3.8) is 0 Å². The van der Waals surface area contributed by atoms with Crippen LogP contribution < -0.4 is 24.3 Å². The molecule has 33 heavy (non-hydrogen) atoms. The monoisotopic (exact) mass is 497 g/mol. The Bertz CT molecular complexity index is 1050. The molecule has 1 atom stereocenters. The standard InChI is InChI=1S/C22H25Cl2N3O6/c1-6-32-19-14(24)8-10-15(21(19)33-7-2)25-22(29)17(12(3)28)27-26-16-11-9-13(23)18(30-4)20(16)31-5/h8-11,17H,6-7H2,1-5H3,(H,25,29). The lowest BCUT2D eigenvalue weighted by atomic mass is 10.2. The molecular weight excluding hydrogens is 473 g/mol. The molecule has 1 amide bonds. The Balaban J connectivity index is 2.38. The maximum atomic E-state index is 12.9. The first kappa shape index (κ1) is 26.2. The van der Waals surface area contributed by atoms with E-state index in [0.717, 1.165) is 0 Å². The molecule has 0 heterocycles. The van der Waals surface area contributed by atoms with Crippen LogP contribution in [0, 0.1) is 0 Å². The third-order valence-corrected chi connectivity index (χ3v) is 4.86. The number of benzene rings is 2. The molecule has 9 nitrogen and oxygen atoms in total. The second-order valence-electron chi connectivity index (χ2n) is 6.47. The van der Waals surface area contributed by atoms with Crippen LogP contribution in [0.5, 0.6) is 23.0 Å². The Labute approximate surface area is 202 Å². The number of amides is 1. The van der Waals surface area contributed by atoms with Crippen LogP contribution in [0.1, 0.15) is 20.8 Å². The zero-order valence-electron chi connectivity index (χ0n) is 18.9. The van der Waals surface area contributed by atoms with Gasteiger partial charge in [0, 0.05) is 0 Å². The summed E-state index contributed by atoms with van der Waals surface area (Å²) in [7, 11) is 2.84. The third kappa shape index (κ3) is 6.27. The van der Waals surface area contributed by atoms with Gasteiger partial charge in [0.25, 0.3) is 5.91 Å². The molecule has 178 valence electrons. The zero-order valence-corrected chi connectivity index (χ0v) is 20.4. The summed E-state index contributed by atoms with van der Waals surface area (Å²) in [5, 5.41) is 11.3. The van der Waals surface area contributed by atoms with Crippen molar-refractivity contribution in [2.45, 2.75) is 26.8 Å². The number of ketones is 1. The van der Waals surface area contributed by atoms with Gasteiger partial charge in [-0.3, -0.25) is 9.59 Å². The fraction of sp³-hybridized carbons (Fsp3) is 0.364. The average Bonchev–Trinajstić information content (AvgIpc) is 2.78. The van der Waals surface area contributed by atoms with E-state index in [2.05, 4.69) is 15.5 Å². The smallest absolute Gasteiger partial charge is 0.258 e. The summed E-state index contributed by atoms with van der Waals surface area (Å²) in [4.78, 5) is 25.1. The van der Waals surface area contributed by atoms with Crippen LogP contribution in [0.2, 0.25) is 10.0 Å². The van der Waals surface area contributed by atoms with Crippen LogP contribution >= 0.6 is 23.2 Å². The number of ether oxygens (including phenoxy) is 4. The Morgan fingerprint density at radius 2 is 1.48 bits per heavy atom. The van der Waals surface area contributed by atoms with Crippen LogP contribution in [0.4, 0.5) is 11.4 Å². The normalized spacial score (nSPS) is 11.7. The number of rotatable bonds is 11. The second-order valence-corrected chi connectivity index (χ2v) is 7.28. The summed E-state index contributed by atoms with van der Waals surface area (Å²) in [5.41, 5.74) is 0.514. The summed E-state index contributed by atoms with van der Waals surface area (Å²) < 4.78 is 21.7. The number of methoxy groups -OCH3 is 2. The highest BCUT2D eigenvalue weighted by atomic mass is 35.5. The maximum absolute atomic E-state index is 12.9. The van der Waals surface area contributed by atoms with Gasteiger partial charge in [-0.05, 0) is 45.0 Å². The minimum absolute atomic E-state index is 0.217. The van der Waals surface area contributed by atoms with Gasteiger partial charge >= 0.3 is 0 Å². The lowest BCUT2D eigenvalue weighted by molar-refractivity contribution is -0.126. The first-order valence-electron chi connectivity index (χ1n) is 9.99. The predicted octanol–water partition coefficient (Wildman–Crippen LogP) is 5.49. The van der Waals surface area contributed by atoms with Crippen LogP contribution in [0.3, 0.4) is 0 Å². The molecule has 0 aliphatic rings. The lowest BCUT2D eigenvalue weighted by Gasteiger charge is -2.18. The quantitative estimate of drug-likeness (QED) is 0.324. The van der Waals surface area contributed by atoms with Crippen LogP contribution in [0.25, 0.3) is 0 Å². The van der Waals surface area contributed by atoms with Gasteiger partial charge < -0.3 is 24.3 Å². The number of anilines is 1. The van der Waals surface area contributed by atoms with Crippen molar-refractivity contribution < 1.29 is 28.5 Å². The second kappa shape index (κ2) is 12.3. The van der Waals surface area contributed by atoms with Crippen molar-refractivity contribution >= 4 is 46.3 Å². The highest BCUT2D eigenvalue weighted by Crippen LogP contribution is 2.43. The van der Waals surface area contributed by atoms with E-state index in [9.17, 15) is 9.59 Å². The highest BCUT2D eigenvalue weighted by Gasteiger charge is 2.26. The summed E-state index contributed by atoms with van der Waals surface area (Å²) in [5.74, 6) is -0.217. The minimum Gasteiger partial charge on any atom is -0.491 e. The largest absolute Gasteiger partial charge is 0.491 e. The SMILES string of the molecule is CCOc1c(Cl)ccc(NC(=O)C(N=Nc2ccc(Cl)c(OC)c2OC)C(C)=O)c1OCC. The fourth-order valence-electron chi connectivity index (χ4n) is 2.84. The van der Waals surface area contributed by atoms with Crippen molar-refractivity contribution in [3.05, 3.63) is 34.3 Å². The Hall–Kier alpha value is -3.04. The van der Waals surface area contributed by atoms with E-state index in [4.69, 9.17) is 42.1 Å². The van der Waals surface area contributed by atoms with Crippen molar-refractivity contribution in [2.75, 3.05) is 32.8 Å². The molecule has 0 bridgehead atoms. The van der Waals surface area contributed by atoms with E-state index >= 15 is 0 Å². The molecule has 2 rings (SSSR count). The molecule has 1 N–H and O–H groups in total. The van der Waals surface area contributed by atoms with E-state index in [1.165, 1.54) is 33.3 Å². The van der Waals surface area contributed by atoms with Gasteiger partial charge in [0.05, 0.1) is 43.2 Å². The number of azo groups is 1. The first-order chi connectivity index (χ1) is 15.8. The predicted molar refractivity (Wildman–Crippen MR) is 126 cm³/mol. The van der Waals surface area contributed by atoms with Gasteiger partial charge in [0.1, 0.15) is 5.69 Å². The Morgan fingerprint density at radius 1 is 0.909 bits per heavy atom. The molecular formula is C22H25Cl2N3O6. The molecule has 0 fully saturated rings. The van der Waals surface area contributed by atoms with E-state index in [-0.39, 0.29) is 34.4 Å².